The first-order valence-corrected chi connectivity index (χ1v) is 8.38. The third kappa shape index (κ3) is 2.58. The lowest BCUT2D eigenvalue weighted by Crippen LogP contribution is -1.96. The van der Waals surface area contributed by atoms with Crippen LogP contribution in [0.3, 0.4) is 0 Å². The number of aromatic nitrogens is 3. The van der Waals surface area contributed by atoms with Gasteiger partial charge in [0.05, 0.1) is 10.7 Å². The predicted molar refractivity (Wildman–Crippen MR) is 101 cm³/mol. The third-order valence-electron chi connectivity index (χ3n) is 4.04. The summed E-state index contributed by atoms with van der Waals surface area (Å²) in [5.41, 5.74) is 4.74. The van der Waals surface area contributed by atoms with Crippen molar-refractivity contribution < 1.29 is 0 Å². The van der Waals surface area contributed by atoms with Crippen molar-refractivity contribution in [1.82, 2.24) is 15.0 Å². The number of H-pyrrole nitrogens is 1. The summed E-state index contributed by atoms with van der Waals surface area (Å²) in [6, 6.07) is 11.6. The molecule has 0 aliphatic carbocycles. The van der Waals surface area contributed by atoms with Gasteiger partial charge in [0.1, 0.15) is 17.4 Å². The zero-order valence-corrected chi connectivity index (χ0v) is 14.4. The van der Waals surface area contributed by atoms with Crippen molar-refractivity contribution in [3.8, 4) is 0 Å². The van der Waals surface area contributed by atoms with Crippen LogP contribution in [0, 0.1) is 0 Å². The van der Waals surface area contributed by atoms with E-state index in [-0.39, 0.29) is 0 Å². The van der Waals surface area contributed by atoms with Gasteiger partial charge in [-0.05, 0) is 42.3 Å². The normalized spacial score (nSPS) is 11.3. The topological polar surface area (TPSA) is 53.6 Å². The summed E-state index contributed by atoms with van der Waals surface area (Å²) in [5.74, 6) is 0.665. The summed E-state index contributed by atoms with van der Waals surface area (Å²) in [6.07, 6.45) is 2.53. The minimum absolute atomic E-state index is 0.579. The summed E-state index contributed by atoms with van der Waals surface area (Å²) < 4.78 is 0. The Kier molecular flexibility index (Phi) is 3.79. The summed E-state index contributed by atoms with van der Waals surface area (Å²) in [7, 11) is 0. The molecule has 24 heavy (non-hydrogen) atoms. The van der Waals surface area contributed by atoms with E-state index in [1.54, 1.807) is 24.5 Å². The Labute approximate surface area is 148 Å². The van der Waals surface area contributed by atoms with Crippen LogP contribution >= 0.6 is 23.2 Å². The van der Waals surface area contributed by atoms with Gasteiger partial charge in [-0.25, -0.2) is 9.97 Å². The number of anilines is 2. The van der Waals surface area contributed by atoms with Gasteiger partial charge in [-0.2, -0.15) is 0 Å². The number of nitrogens with zero attached hydrogens (tertiary/aromatic N) is 2. The lowest BCUT2D eigenvalue weighted by Gasteiger charge is -2.08. The van der Waals surface area contributed by atoms with Crippen molar-refractivity contribution in [2.75, 3.05) is 5.32 Å². The molecule has 0 radical (unpaired) electrons. The van der Waals surface area contributed by atoms with Crippen LogP contribution in [-0.2, 0) is 6.42 Å². The van der Waals surface area contributed by atoms with Crippen molar-refractivity contribution in [2.45, 2.75) is 13.3 Å². The molecule has 4 nitrogen and oxygen atoms in total. The van der Waals surface area contributed by atoms with Crippen LogP contribution in [0.4, 0.5) is 11.5 Å². The summed E-state index contributed by atoms with van der Waals surface area (Å²) in [4.78, 5) is 12.2. The Balaban J connectivity index is 1.88. The van der Waals surface area contributed by atoms with E-state index in [1.807, 2.05) is 0 Å². The first-order chi connectivity index (χ1) is 11.7. The standard InChI is InChI=1S/C18H14Cl2N4/c1-2-10-3-6-14-12(7-10)16-17(23-14)18(22-9-21-16)24-15-8-11(19)4-5-13(15)20/h3-9,23H,2H2,1H3,(H,21,22,24). The van der Waals surface area contributed by atoms with E-state index in [9.17, 15) is 0 Å². The van der Waals surface area contributed by atoms with Gasteiger partial charge in [0.25, 0.3) is 0 Å². The number of rotatable bonds is 3. The van der Waals surface area contributed by atoms with Gasteiger partial charge in [0.15, 0.2) is 5.82 Å². The maximum absolute atomic E-state index is 6.24. The van der Waals surface area contributed by atoms with Crippen molar-refractivity contribution in [3.05, 3.63) is 58.3 Å². The molecular weight excluding hydrogens is 343 g/mol. The summed E-state index contributed by atoms with van der Waals surface area (Å²) >= 11 is 12.3. The van der Waals surface area contributed by atoms with E-state index >= 15 is 0 Å². The van der Waals surface area contributed by atoms with E-state index in [4.69, 9.17) is 23.2 Å². The Morgan fingerprint density at radius 1 is 1.08 bits per heavy atom. The van der Waals surface area contributed by atoms with E-state index in [2.05, 4.69) is 45.4 Å². The van der Waals surface area contributed by atoms with Crippen molar-refractivity contribution in [2.24, 2.45) is 0 Å². The van der Waals surface area contributed by atoms with Crippen LogP contribution in [-0.4, -0.2) is 15.0 Å². The maximum atomic E-state index is 6.24. The van der Waals surface area contributed by atoms with Crippen molar-refractivity contribution in [3.63, 3.8) is 0 Å². The molecular formula is C18H14Cl2N4. The van der Waals surface area contributed by atoms with Crippen molar-refractivity contribution in [1.29, 1.82) is 0 Å². The van der Waals surface area contributed by atoms with Crippen LogP contribution in [0.1, 0.15) is 12.5 Å². The molecule has 0 amide bonds. The molecule has 2 N–H and O–H groups in total. The van der Waals surface area contributed by atoms with Crippen LogP contribution in [0.2, 0.25) is 10.0 Å². The first kappa shape index (κ1) is 15.2. The molecule has 4 rings (SSSR count). The highest BCUT2D eigenvalue weighted by atomic mass is 35.5. The molecule has 6 heteroatoms. The highest BCUT2D eigenvalue weighted by molar-refractivity contribution is 6.35. The first-order valence-electron chi connectivity index (χ1n) is 7.63. The minimum atomic E-state index is 0.579. The van der Waals surface area contributed by atoms with Gasteiger partial charge >= 0.3 is 0 Å². The molecule has 2 aromatic carbocycles. The van der Waals surface area contributed by atoms with E-state index in [0.29, 0.717) is 21.6 Å². The molecule has 120 valence electrons. The highest BCUT2D eigenvalue weighted by Crippen LogP contribution is 2.32. The predicted octanol–water partition coefficient (Wildman–Crippen LogP) is 5.72. The number of aromatic amines is 1. The van der Waals surface area contributed by atoms with Crippen LogP contribution in [0.15, 0.2) is 42.7 Å². The number of fused-ring (bicyclic) bond motifs is 3. The van der Waals surface area contributed by atoms with Crippen LogP contribution < -0.4 is 5.32 Å². The molecule has 2 heterocycles. The second-order valence-corrected chi connectivity index (χ2v) is 6.40. The fraction of sp³-hybridized carbons (Fsp3) is 0.111. The molecule has 2 aromatic heterocycles. The molecule has 0 bridgehead atoms. The molecule has 0 spiro atoms. The monoisotopic (exact) mass is 356 g/mol. The fourth-order valence-electron chi connectivity index (χ4n) is 2.77. The SMILES string of the molecule is CCc1ccc2[nH]c3c(Nc4cc(Cl)ccc4Cl)ncnc3c2c1. The van der Waals surface area contributed by atoms with Crippen LogP contribution in [0.5, 0.6) is 0 Å². The molecule has 4 aromatic rings. The molecule has 0 saturated carbocycles. The molecule has 0 saturated heterocycles. The van der Waals surface area contributed by atoms with Gasteiger partial charge in [0, 0.05) is 15.9 Å². The Bertz CT molecular complexity index is 1060. The van der Waals surface area contributed by atoms with E-state index in [0.717, 1.165) is 28.4 Å². The summed E-state index contributed by atoms with van der Waals surface area (Å²) in [6.45, 7) is 2.14. The second kappa shape index (κ2) is 5.96. The average molecular weight is 357 g/mol. The van der Waals surface area contributed by atoms with Gasteiger partial charge < -0.3 is 10.3 Å². The third-order valence-corrected chi connectivity index (χ3v) is 4.60. The van der Waals surface area contributed by atoms with E-state index < -0.39 is 0 Å². The van der Waals surface area contributed by atoms with Gasteiger partial charge in [0.2, 0.25) is 0 Å². The highest BCUT2D eigenvalue weighted by Gasteiger charge is 2.12. The number of benzene rings is 2. The molecule has 0 aliphatic heterocycles. The smallest absolute Gasteiger partial charge is 0.158 e. The second-order valence-electron chi connectivity index (χ2n) is 5.55. The van der Waals surface area contributed by atoms with Crippen molar-refractivity contribution >= 4 is 56.6 Å². The quantitative estimate of drug-likeness (QED) is 0.493. The molecule has 0 atom stereocenters. The molecule has 0 unspecified atom stereocenters. The number of aryl methyl sites for hydroxylation is 1. The minimum Gasteiger partial charge on any atom is -0.350 e. The maximum Gasteiger partial charge on any atom is 0.158 e. The largest absolute Gasteiger partial charge is 0.350 e. The van der Waals surface area contributed by atoms with Gasteiger partial charge in [-0.15, -0.1) is 0 Å². The van der Waals surface area contributed by atoms with Crippen LogP contribution in [0.25, 0.3) is 21.9 Å². The lowest BCUT2D eigenvalue weighted by molar-refractivity contribution is 1.15. The lowest BCUT2D eigenvalue weighted by atomic mass is 10.1. The Morgan fingerprint density at radius 3 is 2.79 bits per heavy atom. The molecule has 0 fully saturated rings. The Hall–Kier alpha value is -2.30. The number of hydrogen-bond donors (Lipinski definition) is 2. The van der Waals surface area contributed by atoms with Gasteiger partial charge in [-0.1, -0.05) is 36.2 Å². The molecule has 0 aliphatic rings. The zero-order chi connectivity index (χ0) is 16.7. The average Bonchev–Trinajstić information content (AvgIpc) is 2.97. The van der Waals surface area contributed by atoms with E-state index in [1.165, 1.54) is 5.56 Å². The Morgan fingerprint density at radius 2 is 1.96 bits per heavy atom. The fourth-order valence-corrected chi connectivity index (χ4v) is 3.11. The number of halogens is 2. The van der Waals surface area contributed by atoms with Gasteiger partial charge in [-0.3, -0.25) is 0 Å². The number of hydrogen-bond acceptors (Lipinski definition) is 3. The zero-order valence-electron chi connectivity index (χ0n) is 12.9. The number of nitrogens with one attached hydrogen (secondary N) is 2. The summed E-state index contributed by atoms with van der Waals surface area (Å²) in [5, 5.41) is 5.52.